The van der Waals surface area contributed by atoms with Gasteiger partial charge in [0, 0.05) is 31.0 Å². The van der Waals surface area contributed by atoms with Crippen molar-refractivity contribution in [3.05, 3.63) is 72.9 Å². The van der Waals surface area contributed by atoms with Gasteiger partial charge in [0.1, 0.15) is 0 Å². The largest absolute Gasteiger partial charge is 0.465 e. The van der Waals surface area contributed by atoms with Gasteiger partial charge in [-0.3, -0.25) is 4.79 Å². The Kier molecular flexibility index (Phi) is 25.4. The van der Waals surface area contributed by atoms with E-state index in [1.54, 1.807) is 21.6 Å². The van der Waals surface area contributed by atoms with Gasteiger partial charge in [-0.05, 0) is 44.9 Å². The van der Waals surface area contributed by atoms with Crippen molar-refractivity contribution in [3.8, 4) is 0 Å². The van der Waals surface area contributed by atoms with E-state index in [0.29, 0.717) is 25.3 Å². The summed E-state index contributed by atoms with van der Waals surface area (Å²) in [5, 5.41) is 13.7. The Morgan fingerprint density at radius 3 is 1.50 bits per heavy atom. The molecular formula is C27H42N2O3S2. The number of allylic oxidation sites excluding steroid dienone is 12. The molecule has 0 spiro atoms. The van der Waals surface area contributed by atoms with Crippen molar-refractivity contribution in [2.24, 2.45) is 0 Å². The molecule has 0 aromatic carbocycles. The summed E-state index contributed by atoms with van der Waals surface area (Å²) in [6, 6.07) is 0. The van der Waals surface area contributed by atoms with Gasteiger partial charge in [0.05, 0.1) is 0 Å². The number of carbonyl (C=O) groups is 2. The monoisotopic (exact) mass is 506 g/mol. The zero-order valence-corrected chi connectivity index (χ0v) is 22.1. The third-order valence-corrected chi connectivity index (χ3v) is 6.60. The summed E-state index contributed by atoms with van der Waals surface area (Å²) in [4.78, 5) is 22.1. The maximum Gasteiger partial charge on any atom is 0.404 e. The molecule has 0 aromatic rings. The number of carbonyl (C=O) groups excluding carboxylic acids is 1. The topological polar surface area (TPSA) is 78.4 Å². The molecule has 7 heteroatoms. The minimum absolute atomic E-state index is 0.0673. The molecule has 0 aromatic heterocycles. The summed E-state index contributed by atoms with van der Waals surface area (Å²) < 4.78 is 0. The lowest BCUT2D eigenvalue weighted by Crippen LogP contribution is -2.25. The van der Waals surface area contributed by atoms with Gasteiger partial charge < -0.3 is 15.7 Å². The molecule has 0 aliphatic rings. The average molecular weight is 507 g/mol. The Hall–Kier alpha value is -2.12. The van der Waals surface area contributed by atoms with Crippen LogP contribution in [0.1, 0.15) is 58.3 Å². The van der Waals surface area contributed by atoms with Crippen molar-refractivity contribution in [1.82, 2.24) is 10.6 Å². The highest BCUT2D eigenvalue weighted by Crippen LogP contribution is 2.19. The van der Waals surface area contributed by atoms with Gasteiger partial charge in [-0.2, -0.15) is 0 Å². The second kappa shape index (κ2) is 27.1. The van der Waals surface area contributed by atoms with Crippen LogP contribution in [0, 0.1) is 0 Å². The molecule has 34 heavy (non-hydrogen) atoms. The molecule has 0 unspecified atom stereocenters. The minimum Gasteiger partial charge on any atom is -0.465 e. The fraction of sp³-hybridized carbons (Fsp3) is 0.481. The average Bonchev–Trinajstić information content (AvgIpc) is 2.82. The van der Waals surface area contributed by atoms with Gasteiger partial charge >= 0.3 is 6.09 Å². The summed E-state index contributed by atoms with van der Waals surface area (Å²) in [7, 11) is 3.23. The van der Waals surface area contributed by atoms with E-state index in [1.807, 2.05) is 0 Å². The summed E-state index contributed by atoms with van der Waals surface area (Å²) in [5.41, 5.74) is 0. The predicted octanol–water partition coefficient (Wildman–Crippen LogP) is 7.23. The first-order valence-corrected chi connectivity index (χ1v) is 14.5. The maximum absolute atomic E-state index is 11.8. The molecule has 0 atom stereocenters. The molecule has 0 saturated heterocycles. The Labute approximate surface area is 214 Å². The van der Waals surface area contributed by atoms with E-state index in [2.05, 4.69) is 90.5 Å². The smallest absolute Gasteiger partial charge is 0.404 e. The highest BCUT2D eigenvalue weighted by Gasteiger charge is 1.99. The van der Waals surface area contributed by atoms with Crippen molar-refractivity contribution in [2.75, 3.05) is 24.6 Å². The first-order valence-electron chi connectivity index (χ1n) is 12.0. The summed E-state index contributed by atoms with van der Waals surface area (Å²) in [5.74, 6) is 1.59. The van der Waals surface area contributed by atoms with E-state index in [9.17, 15) is 9.59 Å². The van der Waals surface area contributed by atoms with Crippen LogP contribution in [-0.2, 0) is 4.79 Å². The summed E-state index contributed by atoms with van der Waals surface area (Å²) in [6.45, 7) is 3.22. The van der Waals surface area contributed by atoms with E-state index in [0.717, 1.165) is 50.7 Å². The van der Waals surface area contributed by atoms with Crippen molar-refractivity contribution < 1.29 is 14.7 Å². The third kappa shape index (κ3) is 27.9. The lowest BCUT2D eigenvalue weighted by Gasteiger charge is -2.04. The quantitative estimate of drug-likeness (QED) is 0.0869. The van der Waals surface area contributed by atoms with Crippen LogP contribution >= 0.6 is 21.6 Å². The fourth-order valence-electron chi connectivity index (χ4n) is 2.49. The Morgan fingerprint density at radius 2 is 1.06 bits per heavy atom. The number of rotatable bonds is 21. The maximum atomic E-state index is 11.8. The molecule has 0 saturated carbocycles. The van der Waals surface area contributed by atoms with Crippen LogP contribution in [0.5, 0.6) is 0 Å². The lowest BCUT2D eigenvalue weighted by atomic mass is 10.2. The molecule has 5 nitrogen and oxygen atoms in total. The summed E-state index contributed by atoms with van der Waals surface area (Å²) in [6.07, 6.45) is 32.2. The third-order valence-electron chi connectivity index (χ3n) is 4.19. The second-order valence-corrected chi connectivity index (χ2v) is 9.88. The molecule has 0 fully saturated rings. The molecule has 0 aliphatic carbocycles. The molecular weight excluding hydrogens is 464 g/mol. The van der Waals surface area contributed by atoms with Gasteiger partial charge in [-0.25, -0.2) is 4.79 Å². The van der Waals surface area contributed by atoms with Crippen molar-refractivity contribution in [3.63, 3.8) is 0 Å². The molecule has 3 N–H and O–H groups in total. The van der Waals surface area contributed by atoms with E-state index in [4.69, 9.17) is 5.11 Å². The number of nitrogens with one attached hydrogen (secondary N) is 2. The van der Waals surface area contributed by atoms with Crippen molar-refractivity contribution in [2.45, 2.75) is 58.3 Å². The number of hydrogen-bond acceptors (Lipinski definition) is 4. The standard InChI is InChI=1S/C27H42N2O3S2/c1-2-3-4-5-6-7-8-9-10-11-12-13-14-15-16-17-18-19-20-21-26(30)28-22-24-33-34-25-23-29-27(31)32/h3-4,6-7,9-10,12-13,15-16,18-19,29H,2,5,8,11,14,17,20-25H2,1H3,(H,28,30)(H,31,32). The molecule has 0 heterocycles. The molecule has 2 amide bonds. The van der Waals surface area contributed by atoms with Gasteiger partial charge in [0.2, 0.25) is 5.91 Å². The van der Waals surface area contributed by atoms with Crippen molar-refractivity contribution in [1.29, 1.82) is 0 Å². The highest BCUT2D eigenvalue weighted by atomic mass is 33.1. The number of carboxylic acid groups (broad SMARTS) is 1. The van der Waals surface area contributed by atoms with E-state index in [-0.39, 0.29) is 5.91 Å². The Morgan fingerprint density at radius 1 is 0.647 bits per heavy atom. The highest BCUT2D eigenvalue weighted by molar-refractivity contribution is 8.76. The van der Waals surface area contributed by atoms with Crippen LogP contribution in [0.3, 0.4) is 0 Å². The normalized spacial score (nSPS) is 12.4. The molecule has 0 bridgehead atoms. The number of amides is 2. The van der Waals surface area contributed by atoms with E-state index in [1.165, 1.54) is 0 Å². The second-order valence-electron chi connectivity index (χ2n) is 7.18. The molecule has 190 valence electrons. The van der Waals surface area contributed by atoms with Gasteiger partial charge in [-0.1, -0.05) is 101 Å². The van der Waals surface area contributed by atoms with Crippen LogP contribution in [0.4, 0.5) is 4.79 Å². The summed E-state index contributed by atoms with van der Waals surface area (Å²) >= 11 is 0. The van der Waals surface area contributed by atoms with Crippen LogP contribution in [-0.4, -0.2) is 41.7 Å². The molecule has 0 aliphatic heterocycles. The van der Waals surface area contributed by atoms with E-state index >= 15 is 0 Å². The fourth-order valence-corrected chi connectivity index (χ4v) is 4.31. The van der Waals surface area contributed by atoms with Crippen LogP contribution < -0.4 is 10.6 Å². The lowest BCUT2D eigenvalue weighted by molar-refractivity contribution is -0.120. The Bertz CT molecular complexity index is 683. The van der Waals surface area contributed by atoms with Crippen LogP contribution in [0.15, 0.2) is 72.9 Å². The number of hydrogen-bond donors (Lipinski definition) is 3. The van der Waals surface area contributed by atoms with E-state index < -0.39 is 6.09 Å². The van der Waals surface area contributed by atoms with Crippen LogP contribution in [0.25, 0.3) is 0 Å². The van der Waals surface area contributed by atoms with Gasteiger partial charge in [-0.15, -0.1) is 0 Å². The van der Waals surface area contributed by atoms with Gasteiger partial charge in [0.25, 0.3) is 0 Å². The molecule has 0 radical (unpaired) electrons. The molecule has 0 rings (SSSR count). The van der Waals surface area contributed by atoms with Crippen molar-refractivity contribution >= 4 is 33.6 Å². The first kappa shape index (κ1) is 31.9. The van der Waals surface area contributed by atoms with Crippen LogP contribution in [0.2, 0.25) is 0 Å². The zero-order valence-electron chi connectivity index (χ0n) is 20.5. The minimum atomic E-state index is -0.996. The SMILES string of the molecule is CCC=CCC=CCC=CCC=CCC=CCC=CCCC(=O)NCCSSCCNC(=O)O. The predicted molar refractivity (Wildman–Crippen MR) is 151 cm³/mol. The Balaban J connectivity index is 3.52. The van der Waals surface area contributed by atoms with Gasteiger partial charge in [0.15, 0.2) is 0 Å². The first-order chi connectivity index (χ1) is 16.7. The zero-order chi connectivity index (χ0) is 25.0.